The molecule has 0 unspecified atom stereocenters. The molecule has 2 rings (SSSR count). The van der Waals surface area contributed by atoms with Crippen molar-refractivity contribution in [3.05, 3.63) is 38.9 Å². The summed E-state index contributed by atoms with van der Waals surface area (Å²) < 4.78 is 2.58. The maximum absolute atomic E-state index is 12.0. The van der Waals surface area contributed by atoms with Gasteiger partial charge in [-0.25, -0.2) is 4.98 Å². The molecule has 0 saturated carbocycles. The molecule has 0 saturated heterocycles. The van der Waals surface area contributed by atoms with Gasteiger partial charge in [-0.3, -0.25) is 9.36 Å². The van der Waals surface area contributed by atoms with Gasteiger partial charge in [0, 0.05) is 11.0 Å². The van der Waals surface area contributed by atoms with Gasteiger partial charge >= 0.3 is 0 Å². The summed E-state index contributed by atoms with van der Waals surface area (Å²) in [5.41, 5.74) is 0.784. The molecule has 0 aliphatic heterocycles. The van der Waals surface area contributed by atoms with E-state index >= 15 is 0 Å². The molecule has 4 heteroatoms. The van der Waals surface area contributed by atoms with Crippen LogP contribution in [0.5, 0.6) is 0 Å². The Balaban J connectivity index is 0.000000741. The highest BCUT2D eigenvalue weighted by molar-refractivity contribution is 9.10. The van der Waals surface area contributed by atoms with E-state index in [2.05, 4.69) is 20.9 Å². The van der Waals surface area contributed by atoms with E-state index in [1.807, 2.05) is 59.7 Å². The lowest BCUT2D eigenvalue weighted by molar-refractivity contribution is 0.685. The second-order valence-electron chi connectivity index (χ2n) is 3.37. The smallest absolute Gasteiger partial charge is 0.261 e. The average Bonchev–Trinajstić information content (AvgIpc) is 2.45. The molecule has 0 aliphatic carbocycles. The molecule has 2 aromatic rings. The highest BCUT2D eigenvalue weighted by Gasteiger charge is 2.06. The SMILES string of the molecule is CC.CC.CCn1c(C)nc2ccc(Br)cc2c1=O. The first-order chi connectivity index (χ1) is 9.13. The predicted molar refractivity (Wildman–Crippen MR) is 86.8 cm³/mol. The van der Waals surface area contributed by atoms with Crippen LogP contribution in [0.2, 0.25) is 0 Å². The van der Waals surface area contributed by atoms with E-state index in [4.69, 9.17) is 0 Å². The molecular weight excluding hydrogens is 304 g/mol. The van der Waals surface area contributed by atoms with Crippen molar-refractivity contribution in [1.29, 1.82) is 0 Å². The molecule has 3 nitrogen and oxygen atoms in total. The molecule has 1 heterocycles. The molecule has 0 radical (unpaired) electrons. The van der Waals surface area contributed by atoms with Crippen LogP contribution in [-0.4, -0.2) is 9.55 Å². The van der Waals surface area contributed by atoms with E-state index in [9.17, 15) is 4.79 Å². The Bertz CT molecular complexity index is 576. The van der Waals surface area contributed by atoms with E-state index in [1.165, 1.54) is 0 Å². The van der Waals surface area contributed by atoms with Gasteiger partial charge in [0.15, 0.2) is 0 Å². The standard InChI is InChI=1S/C11H11BrN2O.2C2H6/c1-3-14-7(2)13-10-5-4-8(12)6-9(10)11(14)15;2*1-2/h4-6H,3H2,1-2H3;2*1-2H3. The fourth-order valence-corrected chi connectivity index (χ4v) is 2.04. The maximum atomic E-state index is 12.0. The van der Waals surface area contributed by atoms with E-state index < -0.39 is 0 Å². The van der Waals surface area contributed by atoms with E-state index in [0.29, 0.717) is 11.9 Å². The molecule has 0 aliphatic rings. The van der Waals surface area contributed by atoms with Crippen molar-refractivity contribution in [2.45, 2.75) is 48.1 Å². The molecule has 1 aromatic carbocycles. The van der Waals surface area contributed by atoms with Gasteiger partial charge in [0.2, 0.25) is 0 Å². The third kappa shape index (κ3) is 4.16. The minimum atomic E-state index is 0.0290. The quantitative estimate of drug-likeness (QED) is 0.771. The van der Waals surface area contributed by atoms with Crippen molar-refractivity contribution < 1.29 is 0 Å². The number of hydrogen-bond acceptors (Lipinski definition) is 2. The first-order valence-corrected chi connectivity index (χ1v) is 7.59. The van der Waals surface area contributed by atoms with Crippen molar-refractivity contribution >= 4 is 26.8 Å². The summed E-state index contributed by atoms with van der Waals surface area (Å²) in [7, 11) is 0. The van der Waals surface area contributed by atoms with Gasteiger partial charge < -0.3 is 0 Å². The molecule has 0 bridgehead atoms. The zero-order valence-electron chi connectivity index (χ0n) is 12.6. The van der Waals surface area contributed by atoms with Crippen molar-refractivity contribution in [2.75, 3.05) is 0 Å². The number of aryl methyl sites for hydroxylation is 1. The minimum Gasteiger partial charge on any atom is -0.297 e. The lowest BCUT2D eigenvalue weighted by atomic mass is 10.2. The average molecular weight is 327 g/mol. The topological polar surface area (TPSA) is 34.9 Å². The summed E-state index contributed by atoms with van der Waals surface area (Å²) >= 11 is 3.36. The number of aromatic nitrogens is 2. The fourth-order valence-electron chi connectivity index (χ4n) is 1.68. The van der Waals surface area contributed by atoms with Crippen molar-refractivity contribution in [1.82, 2.24) is 9.55 Å². The predicted octanol–water partition coefficient (Wildman–Crippen LogP) is 4.54. The van der Waals surface area contributed by atoms with Gasteiger partial charge in [0.25, 0.3) is 5.56 Å². The molecule has 0 atom stereocenters. The first kappa shape index (κ1) is 17.8. The second kappa shape index (κ2) is 8.86. The van der Waals surface area contributed by atoms with Crippen molar-refractivity contribution in [3.63, 3.8) is 0 Å². The fraction of sp³-hybridized carbons (Fsp3) is 0.467. The summed E-state index contributed by atoms with van der Waals surface area (Å²) in [4.78, 5) is 16.4. The van der Waals surface area contributed by atoms with Crippen LogP contribution in [0.1, 0.15) is 40.4 Å². The van der Waals surface area contributed by atoms with Crippen LogP contribution < -0.4 is 5.56 Å². The third-order valence-corrected chi connectivity index (χ3v) is 2.92. The van der Waals surface area contributed by atoms with Gasteiger partial charge in [-0.15, -0.1) is 0 Å². The Labute approximate surface area is 123 Å². The molecule has 19 heavy (non-hydrogen) atoms. The molecule has 0 amide bonds. The molecule has 1 aromatic heterocycles. The molecule has 0 fully saturated rings. The monoisotopic (exact) mass is 326 g/mol. The van der Waals surface area contributed by atoms with E-state index in [1.54, 1.807) is 4.57 Å². The van der Waals surface area contributed by atoms with Gasteiger partial charge in [-0.2, -0.15) is 0 Å². The minimum absolute atomic E-state index is 0.0290. The molecule has 106 valence electrons. The Hall–Kier alpha value is -1.16. The third-order valence-electron chi connectivity index (χ3n) is 2.42. The normalized spacial score (nSPS) is 9.21. The van der Waals surface area contributed by atoms with Crippen LogP contribution in [-0.2, 0) is 6.54 Å². The van der Waals surface area contributed by atoms with Gasteiger partial charge in [0.1, 0.15) is 5.82 Å². The highest BCUT2D eigenvalue weighted by atomic mass is 79.9. The van der Waals surface area contributed by atoms with Crippen LogP contribution in [0.25, 0.3) is 10.9 Å². The number of hydrogen-bond donors (Lipinski definition) is 0. The van der Waals surface area contributed by atoms with Gasteiger partial charge in [-0.1, -0.05) is 43.6 Å². The number of halogens is 1. The van der Waals surface area contributed by atoms with Crippen LogP contribution in [0.4, 0.5) is 0 Å². The Morgan fingerprint density at radius 3 is 2.32 bits per heavy atom. The van der Waals surface area contributed by atoms with Crippen LogP contribution in [0.3, 0.4) is 0 Å². The second-order valence-corrected chi connectivity index (χ2v) is 4.29. The molecule has 0 spiro atoms. The Kier molecular flexibility index (Phi) is 8.32. The number of fused-ring (bicyclic) bond motifs is 1. The summed E-state index contributed by atoms with van der Waals surface area (Å²) in [5, 5.41) is 0.664. The Morgan fingerprint density at radius 1 is 1.21 bits per heavy atom. The van der Waals surface area contributed by atoms with Gasteiger partial charge in [-0.05, 0) is 32.0 Å². The largest absolute Gasteiger partial charge is 0.297 e. The van der Waals surface area contributed by atoms with Crippen molar-refractivity contribution in [3.8, 4) is 0 Å². The summed E-state index contributed by atoms with van der Waals surface area (Å²) in [6.45, 7) is 12.5. The first-order valence-electron chi connectivity index (χ1n) is 6.80. The number of benzene rings is 1. The highest BCUT2D eigenvalue weighted by Crippen LogP contribution is 2.15. The summed E-state index contributed by atoms with van der Waals surface area (Å²) in [6.07, 6.45) is 0. The Morgan fingerprint density at radius 2 is 1.79 bits per heavy atom. The molecule has 0 N–H and O–H groups in total. The molecular formula is C15H23BrN2O. The van der Waals surface area contributed by atoms with Crippen molar-refractivity contribution in [2.24, 2.45) is 0 Å². The lowest BCUT2D eigenvalue weighted by Crippen LogP contribution is -2.22. The lowest BCUT2D eigenvalue weighted by Gasteiger charge is -2.07. The van der Waals surface area contributed by atoms with Crippen LogP contribution in [0, 0.1) is 6.92 Å². The number of nitrogens with zero attached hydrogens (tertiary/aromatic N) is 2. The summed E-state index contributed by atoms with van der Waals surface area (Å²) in [5.74, 6) is 0.761. The number of rotatable bonds is 1. The van der Waals surface area contributed by atoms with E-state index in [0.717, 1.165) is 15.8 Å². The zero-order valence-corrected chi connectivity index (χ0v) is 14.2. The van der Waals surface area contributed by atoms with Crippen LogP contribution in [0.15, 0.2) is 27.5 Å². The van der Waals surface area contributed by atoms with Gasteiger partial charge in [0.05, 0.1) is 10.9 Å². The van der Waals surface area contributed by atoms with Crippen LogP contribution >= 0.6 is 15.9 Å². The van der Waals surface area contributed by atoms with E-state index in [-0.39, 0.29) is 5.56 Å². The zero-order chi connectivity index (χ0) is 15.0. The maximum Gasteiger partial charge on any atom is 0.261 e. The summed E-state index contributed by atoms with van der Waals surface area (Å²) in [6, 6.07) is 5.56.